The number of fused-ring (bicyclic) bond motifs is 10. The molecule has 0 radical (unpaired) electrons. The zero-order chi connectivity index (χ0) is 24.4. The van der Waals surface area contributed by atoms with E-state index >= 15 is 4.39 Å². The fourth-order valence-electron chi connectivity index (χ4n) is 5.72. The van der Waals surface area contributed by atoms with Crippen LogP contribution < -0.4 is 21.7 Å². The van der Waals surface area contributed by atoms with E-state index in [2.05, 4.69) is 27.9 Å². The molecule has 34 heavy (non-hydrogen) atoms. The Morgan fingerprint density at radius 1 is 1.35 bits per heavy atom. The van der Waals surface area contributed by atoms with Crippen molar-refractivity contribution in [1.82, 2.24) is 16.0 Å². The summed E-state index contributed by atoms with van der Waals surface area (Å²) in [6, 6.07) is -0.818. The van der Waals surface area contributed by atoms with Crippen LogP contribution in [0.2, 0.25) is 0 Å². The van der Waals surface area contributed by atoms with Crippen molar-refractivity contribution in [1.29, 1.82) is 0 Å². The number of nitrogens with zero attached hydrogens (tertiary/aromatic N) is 2. The van der Waals surface area contributed by atoms with Crippen LogP contribution in [-0.2, 0) is 4.79 Å². The number of rotatable bonds is 2. The molecule has 8 nitrogen and oxygen atoms in total. The Balaban J connectivity index is 1.75. The average Bonchev–Trinajstić information content (AvgIpc) is 3.36. The normalized spacial score (nSPS) is 36.7. The largest absolute Gasteiger partial charge is 0.369 e. The minimum atomic E-state index is -0.490. The standard InChI is InChI=1S/C25H35FN6O2/c1-4-14-8-16(5-2)30-24-13(3)6-7-19(18(26)12-28-24)31-22-17-9-15(21(22)23(27)33)10-20(17)32-25(34)29-11-14/h5,8,12-13,15,17,20-22H,4,6-7,9-11H2,1-3H3,(H2,27,33)(H,28,30)(H2,29,32,34)/b14-8-,16-5?,18-12?,31-19?. The van der Waals surface area contributed by atoms with Gasteiger partial charge in [0.1, 0.15) is 5.84 Å². The highest BCUT2D eigenvalue weighted by molar-refractivity contribution is 6.00. The van der Waals surface area contributed by atoms with Crippen molar-refractivity contribution in [3.63, 3.8) is 0 Å². The van der Waals surface area contributed by atoms with Crippen LogP contribution in [0, 0.1) is 23.7 Å². The van der Waals surface area contributed by atoms with Crippen molar-refractivity contribution in [3.8, 4) is 0 Å². The molecule has 6 unspecified atom stereocenters. The van der Waals surface area contributed by atoms with E-state index in [-0.39, 0.29) is 29.8 Å². The monoisotopic (exact) mass is 470 g/mol. The summed E-state index contributed by atoms with van der Waals surface area (Å²) in [7, 11) is 0. The van der Waals surface area contributed by atoms with E-state index < -0.39 is 23.7 Å². The van der Waals surface area contributed by atoms with Gasteiger partial charge in [-0.15, -0.1) is 0 Å². The summed E-state index contributed by atoms with van der Waals surface area (Å²) in [4.78, 5) is 34.2. The van der Waals surface area contributed by atoms with Crippen LogP contribution >= 0.6 is 0 Å². The minimum Gasteiger partial charge on any atom is -0.369 e. The highest BCUT2D eigenvalue weighted by Gasteiger charge is 2.55. The zero-order valence-corrected chi connectivity index (χ0v) is 20.1. The molecule has 3 heterocycles. The number of aliphatic imine (C=N–C) groups is 2. The van der Waals surface area contributed by atoms with Crippen molar-refractivity contribution >= 4 is 23.5 Å². The van der Waals surface area contributed by atoms with Crippen LogP contribution in [-0.4, -0.2) is 42.1 Å². The van der Waals surface area contributed by atoms with Crippen molar-refractivity contribution in [2.24, 2.45) is 39.4 Å². The fraction of sp³-hybridized carbons (Fsp3) is 0.600. The molecule has 0 aromatic carbocycles. The Morgan fingerprint density at radius 2 is 2.15 bits per heavy atom. The smallest absolute Gasteiger partial charge is 0.315 e. The summed E-state index contributed by atoms with van der Waals surface area (Å²) in [5.74, 6) is -0.608. The molecular formula is C25H35FN6O2. The van der Waals surface area contributed by atoms with Gasteiger partial charge in [0.05, 0.1) is 23.9 Å². The lowest BCUT2D eigenvalue weighted by atomic mass is 9.81. The van der Waals surface area contributed by atoms with E-state index in [4.69, 9.17) is 10.7 Å². The maximum Gasteiger partial charge on any atom is 0.315 e. The Hall–Kier alpha value is -2.97. The van der Waals surface area contributed by atoms with Crippen LogP contribution in [0.5, 0.6) is 0 Å². The molecule has 5 aliphatic rings. The van der Waals surface area contributed by atoms with Crippen molar-refractivity contribution < 1.29 is 14.0 Å². The number of amidine groups is 1. The summed E-state index contributed by atoms with van der Waals surface area (Å²) in [5.41, 5.74) is 7.96. The van der Waals surface area contributed by atoms with E-state index in [1.54, 1.807) is 0 Å². The number of nitrogens with two attached hydrogens (primary N) is 1. The first-order chi connectivity index (χ1) is 16.3. The number of nitrogens with one attached hydrogen (secondary N) is 3. The molecule has 0 saturated heterocycles. The number of primary amides is 1. The predicted octanol–water partition coefficient (Wildman–Crippen LogP) is 3.09. The van der Waals surface area contributed by atoms with Gasteiger partial charge in [0.2, 0.25) is 5.91 Å². The summed E-state index contributed by atoms with van der Waals surface area (Å²) in [5, 5.41) is 9.37. The molecule has 2 fully saturated rings. The first-order valence-corrected chi connectivity index (χ1v) is 12.3. The SMILES string of the molecule is CC=C1/C=C(/CC)CNC(=O)NC2CC3CC2C(N=C2CCC(C)C(=NC=C2F)N1)C3C(N)=O. The highest BCUT2D eigenvalue weighted by atomic mass is 19.1. The molecule has 4 bridgehead atoms. The van der Waals surface area contributed by atoms with Crippen LogP contribution in [0.15, 0.2) is 45.4 Å². The minimum absolute atomic E-state index is 0.0425. The van der Waals surface area contributed by atoms with Crippen molar-refractivity contribution in [3.05, 3.63) is 35.4 Å². The Labute approximate surface area is 200 Å². The summed E-state index contributed by atoms with van der Waals surface area (Å²) >= 11 is 0. The van der Waals surface area contributed by atoms with Gasteiger partial charge in [-0.3, -0.25) is 9.79 Å². The number of amides is 3. The number of hydrogen-bond acceptors (Lipinski definition) is 5. The van der Waals surface area contributed by atoms with Crippen molar-refractivity contribution in [2.45, 2.75) is 65.0 Å². The lowest BCUT2D eigenvalue weighted by molar-refractivity contribution is -0.123. The zero-order valence-electron chi connectivity index (χ0n) is 20.1. The predicted molar refractivity (Wildman–Crippen MR) is 131 cm³/mol. The maximum atomic E-state index is 15.2. The van der Waals surface area contributed by atoms with Gasteiger partial charge in [0, 0.05) is 30.1 Å². The first-order valence-electron chi connectivity index (χ1n) is 12.3. The van der Waals surface area contributed by atoms with Gasteiger partial charge in [-0.2, -0.15) is 0 Å². The molecule has 3 amide bonds. The van der Waals surface area contributed by atoms with Gasteiger partial charge in [-0.25, -0.2) is 14.2 Å². The molecule has 5 N–H and O–H groups in total. The second-order valence-corrected chi connectivity index (χ2v) is 9.78. The second-order valence-electron chi connectivity index (χ2n) is 9.78. The Morgan fingerprint density at radius 3 is 2.85 bits per heavy atom. The highest BCUT2D eigenvalue weighted by Crippen LogP contribution is 2.50. The topological polar surface area (TPSA) is 121 Å². The number of allylic oxidation sites excluding steroid dienone is 3. The molecule has 0 aromatic rings. The molecule has 9 heteroatoms. The van der Waals surface area contributed by atoms with E-state index in [1.807, 2.05) is 26.0 Å². The van der Waals surface area contributed by atoms with Gasteiger partial charge >= 0.3 is 6.03 Å². The lowest BCUT2D eigenvalue weighted by Gasteiger charge is -2.33. The summed E-state index contributed by atoms with van der Waals surface area (Å²) in [6.07, 6.45) is 8.46. The van der Waals surface area contributed by atoms with E-state index in [0.717, 1.165) is 24.1 Å². The summed E-state index contributed by atoms with van der Waals surface area (Å²) in [6.45, 7) is 6.43. The van der Waals surface area contributed by atoms with Gasteiger partial charge in [0.15, 0.2) is 5.83 Å². The molecule has 3 aliphatic heterocycles. The quantitative estimate of drug-likeness (QED) is 0.496. The van der Waals surface area contributed by atoms with E-state index in [1.165, 1.54) is 6.20 Å². The summed E-state index contributed by atoms with van der Waals surface area (Å²) < 4.78 is 15.2. The van der Waals surface area contributed by atoms with E-state index in [0.29, 0.717) is 37.4 Å². The van der Waals surface area contributed by atoms with Gasteiger partial charge in [-0.1, -0.05) is 19.9 Å². The molecule has 0 aromatic heterocycles. The number of halogens is 1. The fourth-order valence-corrected chi connectivity index (χ4v) is 5.72. The van der Waals surface area contributed by atoms with Gasteiger partial charge in [-0.05, 0) is 56.6 Å². The molecule has 5 rings (SSSR count). The van der Waals surface area contributed by atoms with Gasteiger partial charge < -0.3 is 21.7 Å². The average molecular weight is 471 g/mol. The molecule has 184 valence electrons. The first kappa shape index (κ1) is 24.2. The number of hydrogen-bond donors (Lipinski definition) is 4. The maximum absolute atomic E-state index is 15.2. The third kappa shape index (κ3) is 4.93. The number of carbonyl (C=O) groups excluding carboxylic acids is 2. The molecule has 0 spiro atoms. The molecule has 6 atom stereocenters. The van der Waals surface area contributed by atoms with E-state index in [9.17, 15) is 9.59 Å². The van der Waals surface area contributed by atoms with Crippen LogP contribution in [0.1, 0.15) is 52.9 Å². The second kappa shape index (κ2) is 10.1. The lowest BCUT2D eigenvalue weighted by Crippen LogP contribution is -2.51. The van der Waals surface area contributed by atoms with Crippen LogP contribution in [0.3, 0.4) is 0 Å². The van der Waals surface area contributed by atoms with Crippen LogP contribution in [0.4, 0.5) is 9.18 Å². The molecule has 2 saturated carbocycles. The third-order valence-corrected chi connectivity index (χ3v) is 7.66. The molecule has 2 aliphatic carbocycles. The number of carbonyl (C=O) groups is 2. The Kier molecular flexibility index (Phi) is 7.19. The molecular weight excluding hydrogens is 435 g/mol. The van der Waals surface area contributed by atoms with Crippen LogP contribution in [0.25, 0.3) is 0 Å². The third-order valence-electron chi connectivity index (χ3n) is 7.66. The van der Waals surface area contributed by atoms with Gasteiger partial charge in [0.25, 0.3) is 0 Å². The van der Waals surface area contributed by atoms with Crippen molar-refractivity contribution in [2.75, 3.05) is 6.54 Å². The Bertz CT molecular complexity index is 997. The number of urea groups is 1.